The number of pyridine rings is 2. The zero-order valence-electron chi connectivity index (χ0n) is 14.7. The van der Waals surface area contributed by atoms with E-state index in [0.29, 0.717) is 22.5 Å². The third kappa shape index (κ3) is 3.85. The van der Waals surface area contributed by atoms with Gasteiger partial charge in [0.1, 0.15) is 22.5 Å². The van der Waals surface area contributed by atoms with Crippen molar-refractivity contribution in [1.82, 2.24) is 9.97 Å². The molecular weight excluding hydrogens is 399 g/mol. The maximum atomic E-state index is 6.49. The first-order chi connectivity index (χ1) is 12.9. The van der Waals surface area contributed by atoms with Crippen molar-refractivity contribution < 1.29 is 8.85 Å². The van der Waals surface area contributed by atoms with Gasteiger partial charge in [-0.2, -0.15) is 0 Å². The summed E-state index contributed by atoms with van der Waals surface area (Å²) in [5, 5.41) is 1.89. The molecule has 0 saturated heterocycles. The summed E-state index contributed by atoms with van der Waals surface area (Å²) in [6, 6.07) is 19.1. The second kappa shape index (κ2) is 7.00. The second-order valence-corrected chi connectivity index (χ2v) is 11.1. The molecule has 4 rings (SSSR count). The molecule has 0 bridgehead atoms. The van der Waals surface area contributed by atoms with Crippen LogP contribution in [0.4, 0.5) is 0 Å². The average molecular weight is 415 g/mol. The molecule has 0 N–H and O–H groups in total. The third-order valence-corrected chi connectivity index (χ3v) is 5.94. The monoisotopic (exact) mass is 414 g/mol. The summed E-state index contributed by atoms with van der Waals surface area (Å²) in [4.78, 5) is 9.08. The van der Waals surface area contributed by atoms with E-state index in [-0.39, 0.29) is 0 Å². The Morgan fingerprint density at radius 2 is 1.11 bits per heavy atom. The highest BCUT2D eigenvalue weighted by molar-refractivity contribution is 7.39. The van der Waals surface area contributed by atoms with E-state index in [0.717, 1.165) is 22.2 Å². The molecule has 0 aliphatic heterocycles. The molecule has 2 aromatic carbocycles. The van der Waals surface area contributed by atoms with Gasteiger partial charge in [0.2, 0.25) is 0 Å². The minimum Gasteiger partial charge on any atom is -0.488 e. The van der Waals surface area contributed by atoms with Crippen LogP contribution in [0.1, 0.15) is 11.4 Å². The van der Waals surface area contributed by atoms with Crippen LogP contribution in [0.25, 0.3) is 21.8 Å². The summed E-state index contributed by atoms with van der Waals surface area (Å²) in [6.07, 6.45) is 0. The van der Waals surface area contributed by atoms with E-state index in [9.17, 15) is 0 Å². The third-order valence-electron chi connectivity index (χ3n) is 4.10. The molecule has 0 saturated carbocycles. The average Bonchev–Trinajstić information content (AvgIpc) is 2.62. The van der Waals surface area contributed by atoms with Gasteiger partial charge in [-0.15, -0.1) is 0 Å². The fourth-order valence-corrected chi connectivity index (χ4v) is 4.76. The lowest BCUT2D eigenvalue weighted by molar-refractivity contribution is 0.440. The molecule has 2 heterocycles. The van der Waals surface area contributed by atoms with Crippen molar-refractivity contribution in [2.24, 2.45) is 0 Å². The minimum atomic E-state index is -3.59. The maximum absolute atomic E-state index is 6.49. The molecule has 27 heavy (non-hydrogen) atoms. The van der Waals surface area contributed by atoms with Crippen molar-refractivity contribution >= 4 is 51.1 Å². The van der Waals surface area contributed by atoms with Gasteiger partial charge < -0.3 is 8.85 Å². The molecule has 0 radical (unpaired) electrons. The van der Waals surface area contributed by atoms with Gasteiger partial charge in [0.25, 0.3) is 0 Å². The Hall–Kier alpha value is -2.34. The fraction of sp³-hybridized carbons (Fsp3) is 0.100. The summed E-state index contributed by atoms with van der Waals surface area (Å²) >= 11 is 13.0. The summed E-state index contributed by atoms with van der Waals surface area (Å²) < 4.78 is 11.8. The van der Waals surface area contributed by atoms with Crippen LogP contribution in [0.5, 0.6) is 11.5 Å². The Morgan fingerprint density at radius 3 is 1.56 bits per heavy atom. The van der Waals surface area contributed by atoms with E-state index >= 15 is 0 Å². The van der Waals surface area contributed by atoms with E-state index in [4.69, 9.17) is 31.0 Å². The Kier molecular flexibility index (Phi) is 4.68. The van der Waals surface area contributed by atoms with Gasteiger partial charge >= 0.3 is 7.18 Å². The quantitative estimate of drug-likeness (QED) is 0.314. The Bertz CT molecular complexity index is 1060. The van der Waals surface area contributed by atoms with Crippen molar-refractivity contribution in [3.63, 3.8) is 0 Å². The minimum absolute atomic E-state index is 0.497. The molecule has 0 atom stereocenters. The summed E-state index contributed by atoms with van der Waals surface area (Å²) in [7, 11) is -3.59. The van der Waals surface area contributed by atoms with Crippen LogP contribution in [-0.2, 0) is 0 Å². The summed E-state index contributed by atoms with van der Waals surface area (Å²) in [5.41, 5.74) is 3.16. The molecule has 0 aliphatic rings. The predicted octanol–water partition coefficient (Wildman–Crippen LogP) is 5.77. The molecule has 4 nitrogen and oxygen atoms in total. The second-order valence-electron chi connectivity index (χ2n) is 6.23. The van der Waals surface area contributed by atoms with Crippen molar-refractivity contribution in [3.8, 4) is 11.5 Å². The van der Waals surface area contributed by atoms with Gasteiger partial charge in [0, 0.05) is 22.2 Å². The number of rotatable bonds is 4. The van der Waals surface area contributed by atoms with Crippen molar-refractivity contribution in [2.75, 3.05) is 0 Å². The highest BCUT2D eigenvalue weighted by Gasteiger charge is 2.40. The van der Waals surface area contributed by atoms with E-state index in [1.807, 2.05) is 62.4 Å². The highest BCUT2D eigenvalue weighted by Crippen LogP contribution is 2.33. The first-order valence-electron chi connectivity index (χ1n) is 8.40. The first kappa shape index (κ1) is 18.0. The normalized spacial score (nSPS) is 11.7. The number of aromatic nitrogens is 2. The van der Waals surface area contributed by atoms with Gasteiger partial charge in [-0.3, -0.25) is 0 Å². The number of nitrogens with zero attached hydrogens (tertiary/aromatic N) is 2. The maximum Gasteiger partial charge on any atom is 0.681 e. The topological polar surface area (TPSA) is 44.2 Å². The molecule has 0 aliphatic carbocycles. The molecule has 0 amide bonds. The largest absolute Gasteiger partial charge is 0.681 e. The number of aryl methyl sites for hydroxylation is 2. The van der Waals surface area contributed by atoms with Gasteiger partial charge in [-0.1, -0.05) is 58.6 Å². The Balaban J connectivity index is 1.69. The number of halogens is 2. The van der Waals surface area contributed by atoms with Crippen molar-refractivity contribution in [1.29, 1.82) is 0 Å². The molecule has 0 fully saturated rings. The van der Waals surface area contributed by atoms with Gasteiger partial charge in [-0.25, -0.2) is 9.97 Å². The van der Waals surface area contributed by atoms with E-state index in [1.54, 1.807) is 12.1 Å². The van der Waals surface area contributed by atoms with Crippen molar-refractivity contribution in [2.45, 2.75) is 13.8 Å². The van der Waals surface area contributed by atoms with Crippen LogP contribution >= 0.6 is 22.2 Å². The van der Waals surface area contributed by atoms with Crippen LogP contribution in [0.2, 0.25) is 0 Å². The summed E-state index contributed by atoms with van der Waals surface area (Å²) in [5.74, 6) is 0.995. The standard InChI is InChI=1S/C20H16Cl2N2O2Si/c1-13-9-11-15-5-3-7-17(19(15)23-13)25-27(21,22)26-18-8-4-6-16-12-10-14(2)24-20(16)18/h3-12H,1-2H3. The van der Waals surface area contributed by atoms with Crippen LogP contribution < -0.4 is 8.85 Å². The lowest BCUT2D eigenvalue weighted by Gasteiger charge is -2.20. The number of hydrogen-bond donors (Lipinski definition) is 0. The lowest BCUT2D eigenvalue weighted by atomic mass is 10.2. The lowest BCUT2D eigenvalue weighted by Crippen LogP contribution is -2.36. The number of hydrogen-bond acceptors (Lipinski definition) is 4. The first-order valence-corrected chi connectivity index (χ1v) is 12.2. The molecule has 136 valence electrons. The number of fused-ring (bicyclic) bond motifs is 2. The van der Waals surface area contributed by atoms with Crippen LogP contribution in [-0.4, -0.2) is 17.1 Å². The molecule has 2 aromatic heterocycles. The molecule has 4 aromatic rings. The van der Waals surface area contributed by atoms with Gasteiger partial charge in [0.05, 0.1) is 0 Å². The smallest absolute Gasteiger partial charge is 0.488 e. The number of para-hydroxylation sites is 2. The zero-order chi connectivity index (χ0) is 19.0. The highest BCUT2D eigenvalue weighted by atomic mass is 35.7. The van der Waals surface area contributed by atoms with Gasteiger partial charge in [-0.05, 0) is 38.1 Å². The van der Waals surface area contributed by atoms with Crippen LogP contribution in [0, 0.1) is 13.8 Å². The van der Waals surface area contributed by atoms with Crippen molar-refractivity contribution in [3.05, 3.63) is 72.1 Å². The van der Waals surface area contributed by atoms with Gasteiger partial charge in [0.15, 0.2) is 0 Å². The molecular formula is C20H16Cl2N2O2Si. The SMILES string of the molecule is Cc1ccc2cccc(O[Si](Cl)(Cl)Oc3cccc4ccc(C)nc34)c2n1. The Labute approximate surface area is 167 Å². The molecule has 0 unspecified atom stereocenters. The zero-order valence-corrected chi connectivity index (χ0v) is 17.3. The Morgan fingerprint density at radius 1 is 0.667 bits per heavy atom. The van der Waals surface area contributed by atoms with E-state index < -0.39 is 7.18 Å². The van der Waals surface area contributed by atoms with E-state index in [1.165, 1.54) is 0 Å². The number of benzene rings is 2. The fourth-order valence-electron chi connectivity index (χ4n) is 2.88. The van der Waals surface area contributed by atoms with Crippen LogP contribution in [0.15, 0.2) is 60.7 Å². The van der Waals surface area contributed by atoms with Crippen LogP contribution in [0.3, 0.4) is 0 Å². The molecule has 7 heteroatoms. The van der Waals surface area contributed by atoms with E-state index in [2.05, 4.69) is 9.97 Å². The summed E-state index contributed by atoms with van der Waals surface area (Å²) in [6.45, 7) is 3.84. The molecule has 0 spiro atoms. The predicted molar refractivity (Wildman–Crippen MR) is 112 cm³/mol.